The Morgan fingerprint density at radius 2 is 2.43 bits per heavy atom. The topological polar surface area (TPSA) is 81.4 Å². The zero-order valence-electron chi connectivity index (χ0n) is 7.86. The number of nitrogens with one attached hydrogen (secondary N) is 1. The van der Waals surface area contributed by atoms with Gasteiger partial charge < -0.3 is 15.8 Å². The average molecular weight is 198 g/mol. The molecule has 2 aliphatic heterocycles. The number of primary amides is 1. The van der Waals surface area contributed by atoms with Crippen LogP contribution in [0.4, 0.5) is 0 Å². The van der Waals surface area contributed by atoms with E-state index in [0.29, 0.717) is 12.9 Å². The molecule has 0 aromatic heterocycles. The highest BCUT2D eigenvalue weighted by molar-refractivity contribution is 5.85. The van der Waals surface area contributed by atoms with E-state index in [1.807, 2.05) is 0 Å². The van der Waals surface area contributed by atoms with Gasteiger partial charge in [0.05, 0.1) is 0 Å². The Bertz CT molecular complexity index is 269. The van der Waals surface area contributed by atoms with Crippen molar-refractivity contribution in [2.75, 3.05) is 0 Å². The average Bonchev–Trinajstić information content (AvgIpc) is 2.44. The Kier molecular flexibility index (Phi) is 2.19. The lowest BCUT2D eigenvalue weighted by atomic mass is 9.88. The molecule has 3 atom stereocenters. The monoisotopic (exact) mass is 198 g/mol. The fourth-order valence-electron chi connectivity index (χ4n) is 2.56. The molecular formula is C9H14N2O3. The number of carbonyl (C=O) groups excluding carboxylic acids is 2. The second-order valence-electron chi connectivity index (χ2n) is 4.12. The van der Waals surface area contributed by atoms with Gasteiger partial charge in [-0.05, 0) is 19.3 Å². The highest BCUT2D eigenvalue weighted by atomic mass is 16.5. The van der Waals surface area contributed by atoms with Crippen LogP contribution < -0.4 is 11.1 Å². The molecule has 2 bridgehead atoms. The minimum Gasteiger partial charge on any atom is -0.464 e. The van der Waals surface area contributed by atoms with Crippen LogP contribution in [0.2, 0.25) is 0 Å². The molecule has 0 saturated carbocycles. The Morgan fingerprint density at radius 1 is 1.64 bits per heavy atom. The summed E-state index contributed by atoms with van der Waals surface area (Å²) in [6.45, 7) is 0.449. The molecule has 2 saturated heterocycles. The first-order valence-corrected chi connectivity index (χ1v) is 4.83. The predicted octanol–water partition coefficient (Wildman–Crippen LogP) is -0.702. The summed E-state index contributed by atoms with van der Waals surface area (Å²) in [7, 11) is 0. The van der Waals surface area contributed by atoms with Gasteiger partial charge in [-0.25, -0.2) is 0 Å². The van der Waals surface area contributed by atoms with E-state index >= 15 is 0 Å². The molecule has 3 unspecified atom stereocenters. The van der Waals surface area contributed by atoms with Crippen molar-refractivity contribution in [3.63, 3.8) is 0 Å². The summed E-state index contributed by atoms with van der Waals surface area (Å²) in [5, 5.41) is 3.22. The van der Waals surface area contributed by atoms with Crippen LogP contribution in [0.1, 0.15) is 25.7 Å². The molecule has 1 amide bonds. The molecule has 5 heteroatoms. The number of hydrogen-bond donors (Lipinski definition) is 2. The fraction of sp³-hybridized carbons (Fsp3) is 0.778. The molecule has 0 spiro atoms. The number of carbonyl (C=O) groups is 2. The molecular weight excluding hydrogens is 184 g/mol. The highest BCUT2D eigenvalue weighted by Gasteiger charge is 2.49. The summed E-state index contributed by atoms with van der Waals surface area (Å²) in [4.78, 5) is 21.5. The van der Waals surface area contributed by atoms with E-state index in [1.165, 1.54) is 0 Å². The van der Waals surface area contributed by atoms with Crippen LogP contribution >= 0.6 is 0 Å². The van der Waals surface area contributed by atoms with E-state index in [2.05, 4.69) is 5.32 Å². The van der Waals surface area contributed by atoms with E-state index in [-0.39, 0.29) is 18.1 Å². The zero-order valence-corrected chi connectivity index (χ0v) is 7.86. The molecule has 78 valence electrons. The fourth-order valence-corrected chi connectivity index (χ4v) is 2.56. The second-order valence-corrected chi connectivity index (χ2v) is 4.12. The normalized spacial score (nSPS) is 40.6. The summed E-state index contributed by atoms with van der Waals surface area (Å²) in [6.07, 6.45) is 2.83. The van der Waals surface area contributed by atoms with Crippen LogP contribution in [-0.2, 0) is 14.3 Å². The SMILES string of the molecule is NC(=O)C12CCC(CC(OC=O)C1)N2. The van der Waals surface area contributed by atoms with Crippen molar-refractivity contribution in [3.05, 3.63) is 0 Å². The van der Waals surface area contributed by atoms with Crippen molar-refractivity contribution in [1.29, 1.82) is 0 Å². The maximum atomic E-state index is 11.3. The number of fused-ring (bicyclic) bond motifs is 2. The molecule has 14 heavy (non-hydrogen) atoms. The van der Waals surface area contributed by atoms with Crippen LogP contribution in [-0.4, -0.2) is 30.1 Å². The first kappa shape index (κ1) is 9.45. The molecule has 0 aromatic rings. The van der Waals surface area contributed by atoms with E-state index in [4.69, 9.17) is 10.5 Å². The summed E-state index contributed by atoms with van der Waals surface area (Å²) < 4.78 is 4.91. The Labute approximate surface area is 82.0 Å². The molecule has 0 aliphatic carbocycles. The van der Waals surface area contributed by atoms with Crippen molar-refractivity contribution in [2.24, 2.45) is 5.73 Å². The zero-order chi connectivity index (χ0) is 10.2. The summed E-state index contributed by atoms with van der Waals surface area (Å²) in [6, 6.07) is 0.265. The summed E-state index contributed by atoms with van der Waals surface area (Å²) in [5.41, 5.74) is 4.72. The smallest absolute Gasteiger partial charge is 0.293 e. The molecule has 2 rings (SSSR count). The van der Waals surface area contributed by atoms with Gasteiger partial charge in [-0.3, -0.25) is 9.59 Å². The van der Waals surface area contributed by atoms with Gasteiger partial charge in [-0.15, -0.1) is 0 Å². The van der Waals surface area contributed by atoms with Crippen molar-refractivity contribution >= 4 is 12.4 Å². The third-order valence-corrected chi connectivity index (χ3v) is 3.24. The van der Waals surface area contributed by atoms with Gasteiger partial charge in [0.1, 0.15) is 11.6 Å². The number of amides is 1. The second kappa shape index (κ2) is 3.24. The molecule has 2 heterocycles. The van der Waals surface area contributed by atoms with E-state index in [9.17, 15) is 9.59 Å². The largest absolute Gasteiger partial charge is 0.464 e. The van der Waals surface area contributed by atoms with Gasteiger partial charge in [-0.2, -0.15) is 0 Å². The Balaban J connectivity index is 2.12. The Morgan fingerprint density at radius 3 is 3.07 bits per heavy atom. The molecule has 0 aromatic carbocycles. The number of nitrogens with two attached hydrogens (primary N) is 1. The van der Waals surface area contributed by atoms with Gasteiger partial charge in [0.2, 0.25) is 5.91 Å². The van der Waals surface area contributed by atoms with Crippen LogP contribution in [0.3, 0.4) is 0 Å². The molecule has 2 aliphatic rings. The third kappa shape index (κ3) is 1.37. The number of ether oxygens (including phenoxy) is 1. The molecule has 2 fully saturated rings. The van der Waals surface area contributed by atoms with Crippen LogP contribution in [0.25, 0.3) is 0 Å². The van der Waals surface area contributed by atoms with Gasteiger partial charge in [0, 0.05) is 12.5 Å². The van der Waals surface area contributed by atoms with Crippen molar-refractivity contribution in [2.45, 2.75) is 43.4 Å². The van der Waals surface area contributed by atoms with Crippen molar-refractivity contribution in [1.82, 2.24) is 5.32 Å². The minimum absolute atomic E-state index is 0.159. The predicted molar refractivity (Wildman–Crippen MR) is 48.3 cm³/mol. The number of hydrogen-bond acceptors (Lipinski definition) is 4. The van der Waals surface area contributed by atoms with Gasteiger partial charge >= 0.3 is 0 Å². The maximum Gasteiger partial charge on any atom is 0.293 e. The van der Waals surface area contributed by atoms with Gasteiger partial charge in [0.25, 0.3) is 6.47 Å². The summed E-state index contributed by atoms with van der Waals surface area (Å²) in [5.74, 6) is -0.334. The van der Waals surface area contributed by atoms with E-state index in [1.54, 1.807) is 0 Å². The number of rotatable bonds is 3. The van der Waals surface area contributed by atoms with Gasteiger partial charge in [-0.1, -0.05) is 0 Å². The van der Waals surface area contributed by atoms with E-state index in [0.717, 1.165) is 19.3 Å². The molecule has 0 radical (unpaired) electrons. The van der Waals surface area contributed by atoms with Gasteiger partial charge in [0.15, 0.2) is 0 Å². The van der Waals surface area contributed by atoms with Crippen molar-refractivity contribution in [3.8, 4) is 0 Å². The van der Waals surface area contributed by atoms with E-state index < -0.39 is 5.54 Å². The molecule has 3 N–H and O–H groups in total. The van der Waals surface area contributed by atoms with Crippen LogP contribution in [0.15, 0.2) is 0 Å². The number of piperidine rings is 1. The van der Waals surface area contributed by atoms with Crippen LogP contribution in [0.5, 0.6) is 0 Å². The first-order valence-electron chi connectivity index (χ1n) is 4.83. The molecule has 5 nitrogen and oxygen atoms in total. The van der Waals surface area contributed by atoms with Crippen molar-refractivity contribution < 1.29 is 14.3 Å². The Hall–Kier alpha value is -1.10. The lowest BCUT2D eigenvalue weighted by Crippen LogP contribution is -2.58. The first-order chi connectivity index (χ1) is 6.66. The quantitative estimate of drug-likeness (QED) is 0.587. The lowest BCUT2D eigenvalue weighted by molar-refractivity contribution is -0.139. The summed E-state index contributed by atoms with van der Waals surface area (Å²) >= 11 is 0. The minimum atomic E-state index is -0.628. The third-order valence-electron chi connectivity index (χ3n) is 3.24. The lowest BCUT2D eigenvalue weighted by Gasteiger charge is -2.35. The van der Waals surface area contributed by atoms with Crippen LogP contribution in [0, 0.1) is 0 Å². The maximum absolute atomic E-state index is 11.3. The standard InChI is InChI=1S/C9H14N2O3/c10-8(13)9-2-1-6(11-9)3-7(4-9)14-5-12/h5-7,11H,1-4H2,(H2,10,13). The highest BCUT2D eigenvalue weighted by Crippen LogP contribution is 2.36.